The van der Waals surface area contributed by atoms with E-state index >= 15 is 0 Å². The Balaban J connectivity index is 2.23. The standard InChI is InChI=1S/C19H26N4O4S/c1-19(2,3)23(18(26)27)14(11-7-8-12-20-17(24)25)16-22-21-15(28-16)13-9-5-4-6-10-13/h4-6,9-10,14,20H,7-8,11-12H2,1-3H3,(H,24,25)(H,26,27). The Morgan fingerprint density at radius 2 is 1.82 bits per heavy atom. The Kier molecular flexibility index (Phi) is 7.33. The molecule has 3 N–H and O–H groups in total. The Morgan fingerprint density at radius 1 is 1.14 bits per heavy atom. The summed E-state index contributed by atoms with van der Waals surface area (Å²) in [6.07, 6.45) is -0.267. The van der Waals surface area contributed by atoms with E-state index in [1.807, 2.05) is 51.1 Å². The van der Waals surface area contributed by atoms with E-state index in [2.05, 4.69) is 15.5 Å². The molecule has 0 fully saturated rings. The number of carboxylic acid groups (broad SMARTS) is 2. The normalized spacial score (nSPS) is 12.4. The molecule has 1 heterocycles. The summed E-state index contributed by atoms with van der Waals surface area (Å²) in [4.78, 5) is 24.0. The van der Waals surface area contributed by atoms with Gasteiger partial charge in [0, 0.05) is 17.6 Å². The molecule has 0 bridgehead atoms. The Bertz CT molecular complexity index is 789. The van der Waals surface area contributed by atoms with Gasteiger partial charge in [-0.25, -0.2) is 9.59 Å². The lowest BCUT2D eigenvalue weighted by Crippen LogP contribution is -2.47. The topological polar surface area (TPSA) is 116 Å². The van der Waals surface area contributed by atoms with Gasteiger partial charge in [0.15, 0.2) is 0 Å². The highest BCUT2D eigenvalue weighted by Crippen LogP contribution is 2.36. The molecular weight excluding hydrogens is 380 g/mol. The second kappa shape index (κ2) is 9.50. The van der Waals surface area contributed by atoms with Gasteiger partial charge < -0.3 is 15.5 Å². The highest BCUT2D eigenvalue weighted by Gasteiger charge is 2.36. The van der Waals surface area contributed by atoms with Crippen molar-refractivity contribution in [2.45, 2.75) is 51.6 Å². The minimum atomic E-state index is -1.06. The maximum atomic E-state index is 12.0. The molecule has 1 aromatic carbocycles. The first kappa shape index (κ1) is 21.6. The molecule has 1 unspecified atom stereocenters. The molecule has 0 aliphatic carbocycles. The van der Waals surface area contributed by atoms with Crippen molar-refractivity contribution < 1.29 is 19.8 Å². The molecule has 2 aromatic rings. The lowest BCUT2D eigenvalue weighted by Gasteiger charge is -2.38. The van der Waals surface area contributed by atoms with Crippen LogP contribution in [0.25, 0.3) is 10.6 Å². The first-order valence-corrected chi connectivity index (χ1v) is 9.89. The van der Waals surface area contributed by atoms with E-state index in [4.69, 9.17) is 5.11 Å². The van der Waals surface area contributed by atoms with Gasteiger partial charge in [-0.1, -0.05) is 41.7 Å². The van der Waals surface area contributed by atoms with E-state index in [0.717, 1.165) is 10.6 Å². The van der Waals surface area contributed by atoms with Gasteiger partial charge in [-0.3, -0.25) is 4.90 Å². The van der Waals surface area contributed by atoms with E-state index in [1.165, 1.54) is 16.2 Å². The number of amides is 2. The average Bonchev–Trinajstić information content (AvgIpc) is 3.09. The van der Waals surface area contributed by atoms with Gasteiger partial charge in [-0.15, -0.1) is 10.2 Å². The molecule has 9 heteroatoms. The average molecular weight is 407 g/mol. The van der Waals surface area contributed by atoms with Crippen molar-refractivity contribution in [2.24, 2.45) is 0 Å². The largest absolute Gasteiger partial charge is 0.465 e. The molecule has 0 saturated carbocycles. The highest BCUT2D eigenvalue weighted by atomic mass is 32.1. The molecule has 2 amide bonds. The predicted octanol–water partition coefficient (Wildman–Crippen LogP) is 4.46. The second-order valence-corrected chi connectivity index (χ2v) is 8.39. The summed E-state index contributed by atoms with van der Waals surface area (Å²) >= 11 is 1.39. The monoisotopic (exact) mass is 406 g/mol. The van der Waals surface area contributed by atoms with E-state index in [1.54, 1.807) is 0 Å². The predicted molar refractivity (Wildman–Crippen MR) is 108 cm³/mol. The zero-order chi connectivity index (χ0) is 20.7. The highest BCUT2D eigenvalue weighted by molar-refractivity contribution is 7.14. The number of carbonyl (C=O) groups is 2. The number of unbranched alkanes of at least 4 members (excludes halogenated alkanes) is 1. The van der Waals surface area contributed by atoms with Crippen LogP contribution in [0.3, 0.4) is 0 Å². The number of hydrogen-bond acceptors (Lipinski definition) is 5. The fourth-order valence-corrected chi connectivity index (χ4v) is 3.95. The van der Waals surface area contributed by atoms with E-state index < -0.39 is 23.8 Å². The molecule has 8 nitrogen and oxygen atoms in total. The third-order valence-electron chi connectivity index (χ3n) is 4.17. The van der Waals surface area contributed by atoms with E-state index in [9.17, 15) is 14.7 Å². The fourth-order valence-electron chi connectivity index (χ4n) is 2.98. The second-order valence-electron chi connectivity index (χ2n) is 7.38. The van der Waals surface area contributed by atoms with Crippen molar-refractivity contribution in [3.05, 3.63) is 35.3 Å². The third kappa shape index (κ3) is 5.91. The van der Waals surface area contributed by atoms with Gasteiger partial charge >= 0.3 is 12.2 Å². The van der Waals surface area contributed by atoms with Crippen LogP contribution in [0, 0.1) is 0 Å². The first-order chi connectivity index (χ1) is 13.2. The maximum Gasteiger partial charge on any atom is 0.408 e. The minimum Gasteiger partial charge on any atom is -0.465 e. The summed E-state index contributed by atoms with van der Waals surface area (Å²) in [6.45, 7) is 5.87. The molecule has 2 rings (SSSR count). The number of benzene rings is 1. The van der Waals surface area contributed by atoms with Crippen LogP contribution < -0.4 is 5.32 Å². The summed E-state index contributed by atoms with van der Waals surface area (Å²) in [5, 5.41) is 30.8. The van der Waals surface area contributed by atoms with Crippen molar-refractivity contribution in [2.75, 3.05) is 6.54 Å². The van der Waals surface area contributed by atoms with Gasteiger partial charge in [0.1, 0.15) is 10.0 Å². The zero-order valence-corrected chi connectivity index (χ0v) is 17.1. The van der Waals surface area contributed by atoms with Crippen LogP contribution in [0.15, 0.2) is 30.3 Å². The summed E-state index contributed by atoms with van der Waals surface area (Å²) in [6, 6.07) is 9.19. The lowest BCUT2D eigenvalue weighted by atomic mass is 10.0. The van der Waals surface area contributed by atoms with Gasteiger partial charge in [0.25, 0.3) is 0 Å². The van der Waals surface area contributed by atoms with Crippen molar-refractivity contribution >= 4 is 23.5 Å². The zero-order valence-electron chi connectivity index (χ0n) is 16.3. The fraction of sp³-hybridized carbons (Fsp3) is 0.474. The number of hydrogen-bond donors (Lipinski definition) is 3. The Morgan fingerprint density at radius 3 is 2.39 bits per heavy atom. The number of aromatic nitrogens is 2. The Hall–Kier alpha value is -2.68. The summed E-state index contributed by atoms with van der Waals surface area (Å²) in [7, 11) is 0. The van der Waals surface area contributed by atoms with Crippen LogP contribution in [0.2, 0.25) is 0 Å². The molecule has 0 aliphatic rings. The van der Waals surface area contributed by atoms with Gasteiger partial charge in [-0.2, -0.15) is 0 Å². The third-order valence-corrected chi connectivity index (χ3v) is 5.24. The van der Waals surface area contributed by atoms with Crippen molar-refractivity contribution in [1.29, 1.82) is 0 Å². The van der Waals surface area contributed by atoms with Crippen LogP contribution >= 0.6 is 11.3 Å². The smallest absolute Gasteiger partial charge is 0.408 e. The first-order valence-electron chi connectivity index (χ1n) is 9.08. The summed E-state index contributed by atoms with van der Waals surface area (Å²) in [5.74, 6) is 0. The van der Waals surface area contributed by atoms with Gasteiger partial charge in [-0.05, 0) is 40.0 Å². The molecule has 0 spiro atoms. The SMILES string of the molecule is CC(C)(C)N(C(=O)O)C(CCCCNC(=O)O)c1nnc(-c2ccccc2)s1. The van der Waals surface area contributed by atoms with Crippen LogP contribution in [0.5, 0.6) is 0 Å². The van der Waals surface area contributed by atoms with Gasteiger partial charge in [0.05, 0.1) is 6.04 Å². The molecule has 0 aliphatic heterocycles. The Labute approximate surface area is 168 Å². The van der Waals surface area contributed by atoms with Crippen LogP contribution in [-0.2, 0) is 0 Å². The molecule has 1 aromatic heterocycles. The van der Waals surface area contributed by atoms with Crippen LogP contribution in [0.1, 0.15) is 51.1 Å². The van der Waals surface area contributed by atoms with Crippen molar-refractivity contribution in [1.82, 2.24) is 20.4 Å². The van der Waals surface area contributed by atoms with Crippen LogP contribution in [0.4, 0.5) is 9.59 Å². The minimum absolute atomic E-state index is 0.329. The van der Waals surface area contributed by atoms with Crippen molar-refractivity contribution in [3.8, 4) is 10.6 Å². The number of rotatable bonds is 8. The van der Waals surface area contributed by atoms with Crippen molar-refractivity contribution in [3.63, 3.8) is 0 Å². The van der Waals surface area contributed by atoms with E-state index in [-0.39, 0.29) is 0 Å². The van der Waals surface area contributed by atoms with Crippen LogP contribution in [-0.4, -0.2) is 49.6 Å². The molecule has 1 atom stereocenters. The maximum absolute atomic E-state index is 12.0. The molecule has 152 valence electrons. The van der Waals surface area contributed by atoms with E-state index in [0.29, 0.717) is 30.8 Å². The number of nitrogens with one attached hydrogen (secondary N) is 1. The number of nitrogens with zero attached hydrogens (tertiary/aromatic N) is 3. The quantitative estimate of drug-likeness (QED) is 0.557. The molecule has 28 heavy (non-hydrogen) atoms. The summed E-state index contributed by atoms with van der Waals surface area (Å²) < 4.78 is 0. The van der Waals surface area contributed by atoms with Gasteiger partial charge in [0.2, 0.25) is 0 Å². The summed E-state index contributed by atoms with van der Waals surface area (Å²) in [5.41, 5.74) is 0.322. The lowest BCUT2D eigenvalue weighted by molar-refractivity contribution is 0.0655. The molecular formula is C19H26N4O4S. The molecule has 0 saturated heterocycles. The molecule has 0 radical (unpaired) electrons.